The predicted octanol–water partition coefficient (Wildman–Crippen LogP) is 2.10. The summed E-state index contributed by atoms with van der Waals surface area (Å²) in [5.74, 6) is 0.787. The molecule has 25 heavy (non-hydrogen) atoms. The third kappa shape index (κ3) is 3.33. The van der Waals surface area contributed by atoms with Crippen molar-refractivity contribution in [2.75, 3.05) is 0 Å². The highest BCUT2D eigenvalue weighted by Crippen LogP contribution is 2.37. The summed E-state index contributed by atoms with van der Waals surface area (Å²) in [7, 11) is 0. The van der Waals surface area contributed by atoms with Crippen LogP contribution < -0.4 is 11.3 Å². The molecule has 1 fully saturated rings. The Hall–Kier alpha value is -2.51. The number of nitrogens with zero attached hydrogens (tertiary/aromatic N) is 4. The Labute approximate surface area is 150 Å². The number of halogens is 1. The molecule has 0 aliphatic heterocycles. The standard InChI is InChI=1S/C17H17N5O2.ClH/c18-17(9-4-10-17)16-19-15(24-21-16)13-7-8-14(23)22(20-13)11-12-5-2-1-3-6-12;/h1-3,5-8H,4,9-11,18H2;1H. The van der Waals surface area contributed by atoms with E-state index in [0.717, 1.165) is 24.8 Å². The largest absolute Gasteiger partial charge is 0.332 e. The third-order valence-electron chi connectivity index (χ3n) is 4.38. The molecule has 130 valence electrons. The fraction of sp³-hybridized carbons (Fsp3) is 0.294. The highest BCUT2D eigenvalue weighted by molar-refractivity contribution is 5.85. The van der Waals surface area contributed by atoms with E-state index in [-0.39, 0.29) is 23.9 Å². The number of hydrogen-bond donors (Lipinski definition) is 1. The van der Waals surface area contributed by atoms with Crippen molar-refractivity contribution >= 4 is 12.4 Å². The number of hydrogen-bond acceptors (Lipinski definition) is 6. The highest BCUT2D eigenvalue weighted by atomic mass is 35.5. The molecule has 1 saturated carbocycles. The molecule has 0 amide bonds. The first-order valence-corrected chi connectivity index (χ1v) is 7.90. The second-order valence-electron chi connectivity index (χ2n) is 6.13. The molecule has 7 nitrogen and oxygen atoms in total. The normalized spacial score (nSPS) is 15.2. The van der Waals surface area contributed by atoms with Gasteiger partial charge < -0.3 is 10.3 Å². The molecule has 1 aliphatic rings. The summed E-state index contributed by atoms with van der Waals surface area (Å²) >= 11 is 0. The minimum atomic E-state index is -0.486. The van der Waals surface area contributed by atoms with Crippen LogP contribution in [0.15, 0.2) is 51.8 Å². The van der Waals surface area contributed by atoms with Crippen molar-refractivity contribution in [1.29, 1.82) is 0 Å². The Morgan fingerprint density at radius 3 is 2.60 bits per heavy atom. The zero-order valence-corrected chi connectivity index (χ0v) is 14.3. The van der Waals surface area contributed by atoms with Crippen LogP contribution in [0.25, 0.3) is 11.6 Å². The third-order valence-corrected chi connectivity index (χ3v) is 4.38. The maximum Gasteiger partial charge on any atom is 0.278 e. The van der Waals surface area contributed by atoms with Crippen LogP contribution in [0.5, 0.6) is 0 Å². The van der Waals surface area contributed by atoms with Gasteiger partial charge in [-0.15, -0.1) is 12.4 Å². The van der Waals surface area contributed by atoms with E-state index < -0.39 is 5.54 Å². The Balaban J connectivity index is 0.00000182. The second-order valence-corrected chi connectivity index (χ2v) is 6.13. The van der Waals surface area contributed by atoms with Crippen molar-refractivity contribution in [3.63, 3.8) is 0 Å². The quantitative estimate of drug-likeness (QED) is 0.765. The van der Waals surface area contributed by atoms with Crippen LogP contribution in [0.1, 0.15) is 30.7 Å². The van der Waals surface area contributed by atoms with Crippen molar-refractivity contribution in [1.82, 2.24) is 19.9 Å². The molecule has 4 rings (SSSR count). The number of nitrogens with two attached hydrogens (primary N) is 1. The van der Waals surface area contributed by atoms with Crippen LogP contribution in [0.2, 0.25) is 0 Å². The highest BCUT2D eigenvalue weighted by Gasteiger charge is 2.39. The summed E-state index contributed by atoms with van der Waals surface area (Å²) in [6, 6.07) is 12.7. The first-order chi connectivity index (χ1) is 11.6. The summed E-state index contributed by atoms with van der Waals surface area (Å²) in [5, 5.41) is 8.33. The van der Waals surface area contributed by atoms with Gasteiger partial charge in [-0.2, -0.15) is 10.1 Å². The smallest absolute Gasteiger partial charge is 0.278 e. The average molecular weight is 360 g/mol. The zero-order valence-electron chi connectivity index (χ0n) is 13.5. The predicted molar refractivity (Wildman–Crippen MR) is 94.3 cm³/mol. The Kier molecular flexibility index (Phi) is 4.69. The van der Waals surface area contributed by atoms with E-state index >= 15 is 0 Å². The van der Waals surface area contributed by atoms with Crippen LogP contribution in [0.4, 0.5) is 0 Å². The number of rotatable bonds is 4. The fourth-order valence-electron chi connectivity index (χ4n) is 2.74. The van der Waals surface area contributed by atoms with Crippen LogP contribution in [-0.2, 0) is 12.1 Å². The maximum atomic E-state index is 12.0. The molecule has 0 spiro atoms. The summed E-state index contributed by atoms with van der Waals surface area (Å²) in [5.41, 5.74) is 7.00. The van der Waals surface area contributed by atoms with Crippen molar-refractivity contribution in [2.24, 2.45) is 5.73 Å². The lowest BCUT2D eigenvalue weighted by Crippen LogP contribution is -2.44. The van der Waals surface area contributed by atoms with Gasteiger partial charge in [0.2, 0.25) is 0 Å². The van der Waals surface area contributed by atoms with Gasteiger partial charge in [0.25, 0.3) is 11.4 Å². The van der Waals surface area contributed by atoms with Crippen LogP contribution in [0.3, 0.4) is 0 Å². The van der Waals surface area contributed by atoms with E-state index in [1.54, 1.807) is 6.07 Å². The summed E-state index contributed by atoms with van der Waals surface area (Å²) < 4.78 is 6.68. The molecule has 0 atom stereocenters. The number of benzene rings is 1. The molecular weight excluding hydrogens is 342 g/mol. The van der Waals surface area contributed by atoms with E-state index in [4.69, 9.17) is 10.3 Å². The van der Waals surface area contributed by atoms with Crippen LogP contribution in [-0.4, -0.2) is 19.9 Å². The van der Waals surface area contributed by atoms with E-state index in [1.165, 1.54) is 10.7 Å². The molecule has 1 aromatic carbocycles. The number of aromatic nitrogens is 4. The van der Waals surface area contributed by atoms with Gasteiger partial charge >= 0.3 is 0 Å². The van der Waals surface area contributed by atoms with Crippen molar-refractivity contribution in [2.45, 2.75) is 31.3 Å². The zero-order chi connectivity index (χ0) is 16.6. The fourth-order valence-corrected chi connectivity index (χ4v) is 2.74. The van der Waals surface area contributed by atoms with Gasteiger partial charge in [-0.3, -0.25) is 4.79 Å². The van der Waals surface area contributed by atoms with Gasteiger partial charge in [-0.05, 0) is 30.9 Å². The monoisotopic (exact) mass is 359 g/mol. The molecule has 1 aliphatic carbocycles. The molecule has 3 aromatic rings. The lowest BCUT2D eigenvalue weighted by Gasteiger charge is -2.34. The summed E-state index contributed by atoms with van der Waals surface area (Å²) in [6.45, 7) is 0.384. The molecule has 2 N–H and O–H groups in total. The SMILES string of the molecule is Cl.NC1(c2noc(-c3ccc(=O)n(Cc4ccccc4)n3)n2)CCC1. The maximum absolute atomic E-state index is 12.0. The van der Waals surface area contributed by atoms with Crippen LogP contribution >= 0.6 is 12.4 Å². The van der Waals surface area contributed by atoms with Gasteiger partial charge in [0.15, 0.2) is 5.82 Å². The Morgan fingerprint density at radius 1 is 1.16 bits per heavy atom. The second kappa shape index (κ2) is 6.78. The Bertz CT molecular complexity index is 918. The lowest BCUT2D eigenvalue weighted by atomic mass is 9.77. The minimum Gasteiger partial charge on any atom is -0.332 e. The van der Waals surface area contributed by atoms with Crippen molar-refractivity contribution in [3.8, 4) is 11.6 Å². The van der Waals surface area contributed by atoms with Crippen LogP contribution in [0, 0.1) is 0 Å². The first-order valence-electron chi connectivity index (χ1n) is 7.90. The summed E-state index contributed by atoms with van der Waals surface area (Å²) in [4.78, 5) is 16.4. The Morgan fingerprint density at radius 2 is 1.92 bits per heavy atom. The van der Waals surface area contributed by atoms with Crippen molar-refractivity contribution in [3.05, 3.63) is 64.2 Å². The molecule has 0 radical (unpaired) electrons. The van der Waals surface area contributed by atoms with Gasteiger partial charge in [-0.25, -0.2) is 4.68 Å². The molecule has 0 unspecified atom stereocenters. The first kappa shape index (κ1) is 17.3. The molecule has 0 saturated heterocycles. The minimum absolute atomic E-state index is 0. The van der Waals surface area contributed by atoms with E-state index in [1.807, 2.05) is 30.3 Å². The van der Waals surface area contributed by atoms with E-state index in [9.17, 15) is 4.79 Å². The molecule has 2 aromatic heterocycles. The molecule has 2 heterocycles. The van der Waals surface area contributed by atoms with Gasteiger partial charge in [0, 0.05) is 6.07 Å². The molecular formula is C17H18ClN5O2. The van der Waals surface area contributed by atoms with E-state index in [2.05, 4.69) is 15.2 Å². The van der Waals surface area contributed by atoms with Gasteiger partial charge in [0.05, 0.1) is 12.1 Å². The lowest BCUT2D eigenvalue weighted by molar-refractivity contribution is 0.229. The molecule has 8 heteroatoms. The van der Waals surface area contributed by atoms with Gasteiger partial charge in [-0.1, -0.05) is 35.5 Å². The summed E-state index contributed by atoms with van der Waals surface area (Å²) in [6.07, 6.45) is 2.78. The average Bonchev–Trinajstić information content (AvgIpc) is 3.06. The van der Waals surface area contributed by atoms with Gasteiger partial charge in [0.1, 0.15) is 5.69 Å². The topological polar surface area (TPSA) is 99.8 Å². The van der Waals surface area contributed by atoms with E-state index in [0.29, 0.717) is 18.1 Å². The van der Waals surface area contributed by atoms with Crippen molar-refractivity contribution < 1.29 is 4.52 Å². The molecule has 0 bridgehead atoms.